The first-order chi connectivity index (χ1) is 5.68. The molecule has 2 rings (SSSR count). The van der Waals surface area contributed by atoms with E-state index >= 15 is 0 Å². The lowest BCUT2D eigenvalue weighted by Crippen LogP contribution is -1.86. The van der Waals surface area contributed by atoms with Crippen molar-refractivity contribution >= 4 is 10.9 Å². The summed E-state index contributed by atoms with van der Waals surface area (Å²) in [6.07, 6.45) is 2.00. The summed E-state index contributed by atoms with van der Waals surface area (Å²) < 4.78 is 2.06. The van der Waals surface area contributed by atoms with Crippen LogP contribution in [0.15, 0.2) is 24.4 Å². The fraction of sp³-hybridized carbons (Fsp3) is 0.200. The molecular formula is C10H11NO. The lowest BCUT2D eigenvalue weighted by Gasteiger charge is -2.01. The molecule has 0 amide bonds. The van der Waals surface area contributed by atoms with E-state index in [1.807, 2.05) is 26.2 Å². The van der Waals surface area contributed by atoms with Crippen LogP contribution in [-0.4, -0.2) is 9.67 Å². The highest BCUT2D eigenvalue weighted by atomic mass is 16.3. The summed E-state index contributed by atoms with van der Waals surface area (Å²) in [7, 11) is 2.01. The van der Waals surface area contributed by atoms with Crippen molar-refractivity contribution in [3.8, 4) is 5.75 Å². The zero-order chi connectivity index (χ0) is 8.72. The molecule has 0 radical (unpaired) electrons. The van der Waals surface area contributed by atoms with Crippen molar-refractivity contribution in [2.45, 2.75) is 6.92 Å². The summed E-state index contributed by atoms with van der Waals surface area (Å²) in [5, 5.41) is 10.4. The minimum Gasteiger partial charge on any atom is -0.508 e. The summed E-state index contributed by atoms with van der Waals surface area (Å²) in [5.41, 5.74) is 2.30. The summed E-state index contributed by atoms with van der Waals surface area (Å²) in [4.78, 5) is 0. The molecule has 62 valence electrons. The van der Waals surface area contributed by atoms with Gasteiger partial charge in [-0.2, -0.15) is 0 Å². The van der Waals surface area contributed by atoms with Gasteiger partial charge in [0.15, 0.2) is 0 Å². The zero-order valence-electron chi connectivity index (χ0n) is 7.20. The molecule has 0 aliphatic heterocycles. The lowest BCUT2D eigenvalue weighted by molar-refractivity contribution is 0.476. The van der Waals surface area contributed by atoms with E-state index in [4.69, 9.17) is 0 Å². The topological polar surface area (TPSA) is 25.2 Å². The molecule has 2 aromatic rings. The molecule has 1 N–H and O–H groups in total. The molecule has 0 saturated carbocycles. The summed E-state index contributed by atoms with van der Waals surface area (Å²) >= 11 is 0. The third-order valence-electron chi connectivity index (χ3n) is 2.15. The summed E-state index contributed by atoms with van der Waals surface area (Å²) in [6.45, 7) is 2.00. The van der Waals surface area contributed by atoms with E-state index < -0.39 is 0 Å². The monoisotopic (exact) mass is 161 g/mol. The van der Waals surface area contributed by atoms with Gasteiger partial charge in [-0.3, -0.25) is 0 Å². The van der Waals surface area contributed by atoms with Crippen molar-refractivity contribution in [3.63, 3.8) is 0 Å². The molecule has 0 spiro atoms. The van der Waals surface area contributed by atoms with Crippen LogP contribution in [0.5, 0.6) is 5.75 Å². The maximum Gasteiger partial charge on any atom is 0.116 e. The molecular weight excluding hydrogens is 150 g/mol. The maximum atomic E-state index is 9.31. The fourth-order valence-corrected chi connectivity index (χ4v) is 1.66. The molecule has 0 unspecified atom stereocenters. The highest BCUT2D eigenvalue weighted by Gasteiger charge is 2.02. The van der Waals surface area contributed by atoms with E-state index in [0.717, 1.165) is 10.9 Å². The lowest BCUT2D eigenvalue weighted by atomic mass is 10.1. The Kier molecular flexibility index (Phi) is 1.37. The number of aryl methyl sites for hydroxylation is 2. The molecule has 1 heterocycles. The average molecular weight is 161 g/mol. The predicted octanol–water partition coefficient (Wildman–Crippen LogP) is 2.19. The average Bonchev–Trinajstić information content (AvgIpc) is 2.31. The van der Waals surface area contributed by atoms with Crippen molar-refractivity contribution in [2.75, 3.05) is 0 Å². The van der Waals surface area contributed by atoms with Crippen molar-refractivity contribution in [1.82, 2.24) is 4.57 Å². The number of phenolic OH excluding ortho intramolecular Hbond substituents is 1. The van der Waals surface area contributed by atoms with Crippen LogP contribution in [0.2, 0.25) is 0 Å². The van der Waals surface area contributed by atoms with Gasteiger partial charge in [0, 0.05) is 18.6 Å². The number of phenols is 1. The number of aromatic hydroxyl groups is 1. The largest absolute Gasteiger partial charge is 0.508 e. The standard InChI is InChI=1S/C10H11NO/c1-7-5-9(12)6-8-3-4-11(2)10(7)8/h3-6,12H,1-2H3. The molecule has 12 heavy (non-hydrogen) atoms. The van der Waals surface area contributed by atoms with Crippen molar-refractivity contribution in [2.24, 2.45) is 7.05 Å². The van der Waals surface area contributed by atoms with E-state index in [-0.39, 0.29) is 0 Å². The molecule has 0 aliphatic carbocycles. The summed E-state index contributed by atoms with van der Waals surface area (Å²) in [5.74, 6) is 0.339. The van der Waals surface area contributed by atoms with E-state index in [0.29, 0.717) is 5.75 Å². The normalized spacial score (nSPS) is 10.8. The van der Waals surface area contributed by atoms with Crippen LogP contribution < -0.4 is 0 Å². The van der Waals surface area contributed by atoms with Gasteiger partial charge < -0.3 is 9.67 Å². The first-order valence-corrected chi connectivity index (χ1v) is 3.93. The van der Waals surface area contributed by atoms with Gasteiger partial charge in [-0.25, -0.2) is 0 Å². The smallest absolute Gasteiger partial charge is 0.116 e. The van der Waals surface area contributed by atoms with Crippen LogP contribution in [-0.2, 0) is 7.05 Å². The van der Waals surface area contributed by atoms with E-state index in [1.54, 1.807) is 12.1 Å². The number of hydrogen-bond acceptors (Lipinski definition) is 1. The molecule has 0 fully saturated rings. The van der Waals surface area contributed by atoms with Gasteiger partial charge in [0.05, 0.1) is 5.52 Å². The molecule has 1 aromatic heterocycles. The van der Waals surface area contributed by atoms with Crippen molar-refractivity contribution in [1.29, 1.82) is 0 Å². The quantitative estimate of drug-likeness (QED) is 0.629. The number of hydrogen-bond donors (Lipinski definition) is 1. The third-order valence-corrected chi connectivity index (χ3v) is 2.15. The number of aromatic nitrogens is 1. The van der Waals surface area contributed by atoms with Gasteiger partial charge in [-0.1, -0.05) is 0 Å². The second kappa shape index (κ2) is 2.27. The predicted molar refractivity (Wildman–Crippen MR) is 49.3 cm³/mol. The zero-order valence-corrected chi connectivity index (χ0v) is 7.20. The number of benzene rings is 1. The third kappa shape index (κ3) is 0.881. The van der Waals surface area contributed by atoms with Crippen LogP contribution >= 0.6 is 0 Å². The Bertz CT molecular complexity index is 429. The number of fused-ring (bicyclic) bond motifs is 1. The molecule has 2 nitrogen and oxygen atoms in total. The Morgan fingerprint density at radius 1 is 1.33 bits per heavy atom. The number of nitrogens with zero attached hydrogens (tertiary/aromatic N) is 1. The van der Waals surface area contributed by atoms with Crippen LogP contribution in [0.25, 0.3) is 10.9 Å². The fourth-order valence-electron chi connectivity index (χ4n) is 1.66. The number of rotatable bonds is 0. The van der Waals surface area contributed by atoms with Crippen molar-refractivity contribution in [3.05, 3.63) is 30.0 Å². The maximum absolute atomic E-state index is 9.31. The van der Waals surface area contributed by atoms with Gasteiger partial charge in [0.1, 0.15) is 5.75 Å². The van der Waals surface area contributed by atoms with Gasteiger partial charge >= 0.3 is 0 Å². The SMILES string of the molecule is Cc1cc(O)cc2ccn(C)c12. The minimum atomic E-state index is 0.339. The summed E-state index contributed by atoms with van der Waals surface area (Å²) in [6, 6.07) is 5.56. The molecule has 2 heteroatoms. The highest BCUT2D eigenvalue weighted by molar-refractivity contribution is 5.84. The Hall–Kier alpha value is -1.44. The van der Waals surface area contributed by atoms with Crippen LogP contribution in [0.4, 0.5) is 0 Å². The van der Waals surface area contributed by atoms with Crippen LogP contribution in [0, 0.1) is 6.92 Å². The van der Waals surface area contributed by atoms with Crippen LogP contribution in [0.3, 0.4) is 0 Å². The molecule has 0 atom stereocenters. The van der Waals surface area contributed by atoms with E-state index in [2.05, 4.69) is 4.57 Å². The van der Waals surface area contributed by atoms with Crippen LogP contribution in [0.1, 0.15) is 5.56 Å². The first-order valence-electron chi connectivity index (χ1n) is 3.93. The molecule has 0 aliphatic rings. The van der Waals surface area contributed by atoms with Crippen molar-refractivity contribution < 1.29 is 5.11 Å². The minimum absolute atomic E-state index is 0.339. The Morgan fingerprint density at radius 2 is 2.08 bits per heavy atom. The molecule has 1 aromatic carbocycles. The van der Waals surface area contributed by atoms with Gasteiger partial charge in [0.25, 0.3) is 0 Å². The van der Waals surface area contributed by atoms with E-state index in [9.17, 15) is 5.11 Å². The second-order valence-electron chi connectivity index (χ2n) is 3.13. The first kappa shape index (κ1) is 7.22. The highest BCUT2D eigenvalue weighted by Crippen LogP contribution is 2.24. The van der Waals surface area contributed by atoms with Gasteiger partial charge in [-0.05, 0) is 30.7 Å². The molecule has 0 bridgehead atoms. The van der Waals surface area contributed by atoms with E-state index in [1.165, 1.54) is 5.52 Å². The Balaban J connectivity index is 2.93. The Labute approximate surface area is 71.1 Å². The molecule has 0 saturated heterocycles. The van der Waals surface area contributed by atoms with Gasteiger partial charge in [-0.15, -0.1) is 0 Å². The second-order valence-corrected chi connectivity index (χ2v) is 3.13. The Morgan fingerprint density at radius 3 is 2.83 bits per heavy atom. The van der Waals surface area contributed by atoms with Gasteiger partial charge in [0.2, 0.25) is 0 Å².